The number of pyridine rings is 1. The van der Waals surface area contributed by atoms with E-state index in [9.17, 15) is 0 Å². The SMILES string of the molecule is CCN(CC)c1ccc(C=C2CCC(C=NCc3ccncc3)=C2N2CCOCC2)cc1. The van der Waals surface area contributed by atoms with Crippen molar-refractivity contribution in [2.24, 2.45) is 4.99 Å². The minimum Gasteiger partial charge on any atom is -0.378 e. The van der Waals surface area contributed by atoms with Gasteiger partial charge < -0.3 is 14.5 Å². The lowest BCUT2D eigenvalue weighted by Gasteiger charge is -2.31. The molecule has 0 atom stereocenters. The Balaban J connectivity index is 1.57. The van der Waals surface area contributed by atoms with Crippen molar-refractivity contribution in [1.29, 1.82) is 0 Å². The summed E-state index contributed by atoms with van der Waals surface area (Å²) in [4.78, 5) is 13.7. The number of rotatable bonds is 8. The van der Waals surface area contributed by atoms with Gasteiger partial charge in [-0.3, -0.25) is 9.98 Å². The highest BCUT2D eigenvalue weighted by Gasteiger charge is 2.25. The molecule has 0 N–H and O–H groups in total. The molecule has 0 radical (unpaired) electrons. The van der Waals surface area contributed by atoms with Crippen LogP contribution in [-0.4, -0.2) is 55.5 Å². The molecule has 5 nitrogen and oxygen atoms in total. The van der Waals surface area contributed by atoms with Gasteiger partial charge in [-0.25, -0.2) is 0 Å². The summed E-state index contributed by atoms with van der Waals surface area (Å²) in [5.74, 6) is 0. The molecule has 0 saturated carbocycles. The molecule has 2 heterocycles. The summed E-state index contributed by atoms with van der Waals surface area (Å²) < 4.78 is 5.62. The normalized spacial score (nSPS) is 18.2. The van der Waals surface area contributed by atoms with Crippen molar-refractivity contribution in [2.75, 3.05) is 44.3 Å². The van der Waals surface area contributed by atoms with Gasteiger partial charge in [0.1, 0.15) is 0 Å². The monoisotopic (exact) mass is 430 g/mol. The molecule has 2 aliphatic rings. The molecular weight excluding hydrogens is 396 g/mol. The van der Waals surface area contributed by atoms with Crippen LogP contribution in [0.25, 0.3) is 6.08 Å². The van der Waals surface area contributed by atoms with Gasteiger partial charge in [-0.1, -0.05) is 12.1 Å². The van der Waals surface area contributed by atoms with Crippen molar-refractivity contribution in [3.05, 3.63) is 76.8 Å². The molecule has 4 rings (SSSR count). The van der Waals surface area contributed by atoms with E-state index in [4.69, 9.17) is 9.73 Å². The van der Waals surface area contributed by atoms with Gasteiger partial charge in [0.05, 0.1) is 19.8 Å². The Morgan fingerprint density at radius 1 is 1.00 bits per heavy atom. The van der Waals surface area contributed by atoms with Crippen LogP contribution in [0.5, 0.6) is 0 Å². The third-order valence-corrected chi connectivity index (χ3v) is 6.23. The highest BCUT2D eigenvalue weighted by Crippen LogP contribution is 2.35. The zero-order valence-corrected chi connectivity index (χ0v) is 19.3. The van der Waals surface area contributed by atoms with Crippen molar-refractivity contribution >= 4 is 18.0 Å². The average molecular weight is 431 g/mol. The smallest absolute Gasteiger partial charge is 0.0642 e. The van der Waals surface area contributed by atoms with Gasteiger partial charge in [-0.2, -0.15) is 0 Å². The fraction of sp³-hybridized carbons (Fsp3) is 0.407. The zero-order chi connectivity index (χ0) is 22.2. The fourth-order valence-corrected chi connectivity index (χ4v) is 4.49. The Labute approximate surface area is 192 Å². The summed E-state index contributed by atoms with van der Waals surface area (Å²) in [5.41, 5.74) is 7.85. The van der Waals surface area contributed by atoms with Crippen LogP contribution >= 0.6 is 0 Å². The summed E-state index contributed by atoms with van der Waals surface area (Å²) in [6.45, 7) is 10.6. The number of aromatic nitrogens is 1. The molecule has 2 aromatic rings. The maximum absolute atomic E-state index is 5.62. The molecule has 1 fully saturated rings. The summed E-state index contributed by atoms with van der Waals surface area (Å²) >= 11 is 0. The number of nitrogens with zero attached hydrogens (tertiary/aromatic N) is 4. The van der Waals surface area contributed by atoms with Crippen molar-refractivity contribution < 1.29 is 4.74 Å². The van der Waals surface area contributed by atoms with Crippen LogP contribution in [0.1, 0.15) is 37.8 Å². The molecule has 5 heteroatoms. The Morgan fingerprint density at radius 3 is 2.41 bits per heavy atom. The molecule has 1 aromatic heterocycles. The van der Waals surface area contributed by atoms with E-state index in [0.29, 0.717) is 6.54 Å². The first-order chi connectivity index (χ1) is 15.8. The predicted octanol–water partition coefficient (Wildman–Crippen LogP) is 4.96. The van der Waals surface area contributed by atoms with Gasteiger partial charge in [-0.15, -0.1) is 0 Å². The van der Waals surface area contributed by atoms with E-state index < -0.39 is 0 Å². The second kappa shape index (κ2) is 11.1. The van der Waals surface area contributed by atoms with Gasteiger partial charge in [0.2, 0.25) is 0 Å². The maximum Gasteiger partial charge on any atom is 0.0642 e. The molecule has 1 saturated heterocycles. The molecule has 0 spiro atoms. The Kier molecular flexibility index (Phi) is 7.73. The zero-order valence-electron chi connectivity index (χ0n) is 19.3. The van der Waals surface area contributed by atoms with E-state index in [1.165, 1.54) is 33.7 Å². The van der Waals surface area contributed by atoms with Gasteiger partial charge >= 0.3 is 0 Å². The lowest BCUT2D eigenvalue weighted by molar-refractivity contribution is 0.0548. The van der Waals surface area contributed by atoms with Gasteiger partial charge in [0.15, 0.2) is 0 Å². The Morgan fingerprint density at radius 2 is 1.72 bits per heavy atom. The van der Waals surface area contributed by atoms with E-state index >= 15 is 0 Å². The molecule has 0 amide bonds. The number of ether oxygens (including phenoxy) is 1. The second-order valence-corrected chi connectivity index (χ2v) is 8.23. The molecule has 1 aliphatic heterocycles. The molecule has 32 heavy (non-hydrogen) atoms. The van der Waals surface area contributed by atoms with E-state index in [0.717, 1.165) is 52.2 Å². The van der Waals surface area contributed by atoms with Crippen LogP contribution in [0.3, 0.4) is 0 Å². The first-order valence-electron chi connectivity index (χ1n) is 11.8. The van der Waals surface area contributed by atoms with Crippen LogP contribution in [0.15, 0.2) is 70.6 Å². The lowest BCUT2D eigenvalue weighted by Crippen LogP contribution is -2.36. The lowest BCUT2D eigenvalue weighted by atomic mass is 10.1. The number of anilines is 1. The van der Waals surface area contributed by atoms with E-state index in [-0.39, 0.29) is 0 Å². The van der Waals surface area contributed by atoms with Crippen molar-refractivity contribution in [3.8, 4) is 0 Å². The van der Waals surface area contributed by atoms with Gasteiger partial charge in [0, 0.05) is 56.2 Å². The number of aliphatic imine (C=N–C) groups is 1. The Bertz CT molecular complexity index is 953. The Hall–Kier alpha value is -2.92. The molecule has 168 valence electrons. The molecule has 0 unspecified atom stereocenters. The summed E-state index contributed by atoms with van der Waals surface area (Å²) in [6.07, 6.45) is 10.2. The first-order valence-corrected chi connectivity index (χ1v) is 11.8. The van der Waals surface area contributed by atoms with Crippen molar-refractivity contribution in [3.63, 3.8) is 0 Å². The van der Waals surface area contributed by atoms with E-state index in [2.05, 4.69) is 65.2 Å². The predicted molar refractivity (Wildman–Crippen MR) is 133 cm³/mol. The van der Waals surface area contributed by atoms with Crippen molar-refractivity contribution in [1.82, 2.24) is 9.88 Å². The summed E-state index contributed by atoms with van der Waals surface area (Å²) in [5, 5.41) is 0. The quantitative estimate of drug-likeness (QED) is 0.555. The third kappa shape index (κ3) is 5.46. The van der Waals surface area contributed by atoms with Gasteiger partial charge in [-0.05, 0) is 79.3 Å². The van der Waals surface area contributed by atoms with Crippen LogP contribution in [0.4, 0.5) is 5.69 Å². The molecular formula is C27H34N4O. The number of morpholine rings is 1. The molecule has 0 bridgehead atoms. The average Bonchev–Trinajstić information content (AvgIpc) is 3.24. The highest BCUT2D eigenvalue weighted by atomic mass is 16.5. The molecule has 1 aliphatic carbocycles. The highest BCUT2D eigenvalue weighted by molar-refractivity contribution is 5.84. The maximum atomic E-state index is 5.62. The summed E-state index contributed by atoms with van der Waals surface area (Å²) in [6, 6.07) is 13.0. The third-order valence-electron chi connectivity index (χ3n) is 6.23. The number of allylic oxidation sites excluding steroid dienone is 2. The van der Waals surface area contributed by atoms with Crippen LogP contribution < -0.4 is 4.90 Å². The molecule has 1 aromatic carbocycles. The number of hydrogen-bond donors (Lipinski definition) is 0. The van der Waals surface area contributed by atoms with Crippen LogP contribution in [0, 0.1) is 0 Å². The summed E-state index contributed by atoms with van der Waals surface area (Å²) in [7, 11) is 0. The van der Waals surface area contributed by atoms with E-state index in [1.54, 1.807) is 0 Å². The van der Waals surface area contributed by atoms with Crippen LogP contribution in [0.2, 0.25) is 0 Å². The standard InChI is InChI=1S/C27H34N4O/c1-3-30(4-2)26-9-5-22(6-10-26)19-24-7-8-25(27(24)31-15-17-32-18-16-31)21-29-20-23-11-13-28-14-12-23/h5-6,9-14,19,21H,3-4,7-8,15-18,20H2,1-2H3. The minimum absolute atomic E-state index is 0.689. The fourth-order valence-electron chi connectivity index (χ4n) is 4.49. The number of hydrogen-bond acceptors (Lipinski definition) is 5. The topological polar surface area (TPSA) is 41.0 Å². The largest absolute Gasteiger partial charge is 0.378 e. The van der Waals surface area contributed by atoms with Crippen molar-refractivity contribution in [2.45, 2.75) is 33.2 Å². The number of benzene rings is 1. The van der Waals surface area contributed by atoms with Crippen LogP contribution in [-0.2, 0) is 11.3 Å². The van der Waals surface area contributed by atoms with E-state index in [1.807, 2.05) is 24.5 Å². The second-order valence-electron chi connectivity index (χ2n) is 8.23. The van der Waals surface area contributed by atoms with Gasteiger partial charge in [0.25, 0.3) is 0 Å². The first kappa shape index (κ1) is 22.3. The minimum atomic E-state index is 0.689.